The first-order chi connectivity index (χ1) is 10.8. The van der Waals surface area contributed by atoms with Crippen LogP contribution in [0.25, 0.3) is 0 Å². The predicted octanol–water partition coefficient (Wildman–Crippen LogP) is 1.10. The molecule has 130 valence electrons. The summed E-state index contributed by atoms with van der Waals surface area (Å²) in [4.78, 5) is 5.93. The fraction of sp³-hybridized carbons (Fsp3) is 0.625. The van der Waals surface area contributed by atoms with Gasteiger partial charge in [-0.05, 0) is 32.0 Å². The standard InChI is InChI=1S/C16H28N3O3P/c1-11-18-13(17-2)7-9-19(11)16-15(21-3)14(20)12(22-16)8-10-23(4,5)6/h7,9,12,14-16,20H,1,4,8,10H2,2-3,5-6H3,(H,17,18)/t12?,14-,15-,16-/m1/s1. The molecule has 2 N–H and O–H groups in total. The zero-order chi connectivity index (χ0) is 17.2. The highest BCUT2D eigenvalue weighted by Crippen LogP contribution is 2.39. The zero-order valence-electron chi connectivity index (χ0n) is 14.4. The molecule has 0 bridgehead atoms. The molecular formula is C16H28N3O3P. The molecule has 0 amide bonds. The van der Waals surface area contributed by atoms with Crippen LogP contribution in [0.15, 0.2) is 29.7 Å². The lowest BCUT2D eigenvalue weighted by Crippen LogP contribution is -2.47. The van der Waals surface area contributed by atoms with Crippen LogP contribution in [-0.2, 0) is 9.47 Å². The van der Waals surface area contributed by atoms with Gasteiger partial charge in [-0.3, -0.25) is 4.99 Å². The van der Waals surface area contributed by atoms with E-state index < -0.39 is 25.3 Å². The third-order valence-electron chi connectivity index (χ3n) is 4.10. The maximum atomic E-state index is 10.5. The van der Waals surface area contributed by atoms with E-state index in [4.69, 9.17) is 9.47 Å². The van der Waals surface area contributed by atoms with E-state index in [2.05, 4.69) is 36.5 Å². The number of nitrogens with one attached hydrogen (secondary N) is 1. The highest BCUT2D eigenvalue weighted by molar-refractivity contribution is 7.72. The molecule has 2 aliphatic rings. The number of hydrogen-bond donors (Lipinski definition) is 2. The van der Waals surface area contributed by atoms with Crippen molar-refractivity contribution in [2.24, 2.45) is 4.99 Å². The fourth-order valence-corrected chi connectivity index (χ4v) is 3.73. The Morgan fingerprint density at radius 1 is 1.52 bits per heavy atom. The molecule has 23 heavy (non-hydrogen) atoms. The highest BCUT2D eigenvalue weighted by atomic mass is 31.2. The van der Waals surface area contributed by atoms with Crippen molar-refractivity contribution in [2.45, 2.75) is 31.0 Å². The van der Waals surface area contributed by atoms with Gasteiger partial charge in [-0.2, -0.15) is 0 Å². The number of nitrogens with zero attached hydrogens (tertiary/aromatic N) is 2. The van der Waals surface area contributed by atoms with Crippen molar-refractivity contribution >= 4 is 19.0 Å². The maximum Gasteiger partial charge on any atom is 0.164 e. The number of aliphatic hydroxyl groups excluding tert-OH is 1. The molecule has 0 aromatic rings. The van der Waals surface area contributed by atoms with E-state index in [1.807, 2.05) is 17.2 Å². The van der Waals surface area contributed by atoms with Gasteiger partial charge >= 0.3 is 0 Å². The van der Waals surface area contributed by atoms with E-state index in [-0.39, 0.29) is 6.10 Å². The summed E-state index contributed by atoms with van der Waals surface area (Å²) in [7, 11) is 3.30. The average Bonchev–Trinajstić information content (AvgIpc) is 2.80. The van der Waals surface area contributed by atoms with E-state index in [0.29, 0.717) is 5.82 Å². The van der Waals surface area contributed by atoms with Gasteiger partial charge in [-0.1, -0.05) is 6.58 Å². The van der Waals surface area contributed by atoms with Crippen LogP contribution in [0.5, 0.6) is 0 Å². The summed E-state index contributed by atoms with van der Waals surface area (Å²) in [5.41, 5.74) is 0. The van der Waals surface area contributed by atoms with Crippen LogP contribution in [0.4, 0.5) is 0 Å². The van der Waals surface area contributed by atoms with Gasteiger partial charge in [0, 0.05) is 20.4 Å². The van der Waals surface area contributed by atoms with E-state index in [9.17, 15) is 5.11 Å². The van der Waals surface area contributed by atoms with Gasteiger partial charge in [0.25, 0.3) is 0 Å². The van der Waals surface area contributed by atoms with Gasteiger partial charge in [-0.15, -0.1) is 13.2 Å². The lowest BCUT2D eigenvalue weighted by atomic mass is 10.1. The summed E-state index contributed by atoms with van der Waals surface area (Å²) in [5.74, 6) is 1.39. The van der Waals surface area contributed by atoms with Crippen LogP contribution < -0.4 is 5.32 Å². The molecule has 0 saturated carbocycles. The van der Waals surface area contributed by atoms with Crippen LogP contribution in [0.3, 0.4) is 0 Å². The van der Waals surface area contributed by atoms with Crippen molar-refractivity contribution in [2.75, 3.05) is 33.6 Å². The molecule has 7 heteroatoms. The molecule has 2 heterocycles. The summed E-state index contributed by atoms with van der Waals surface area (Å²) >= 11 is 0. The van der Waals surface area contributed by atoms with Gasteiger partial charge in [0.2, 0.25) is 0 Å². The number of amidine groups is 1. The summed E-state index contributed by atoms with van der Waals surface area (Å²) < 4.78 is 11.6. The minimum absolute atomic E-state index is 0.256. The van der Waals surface area contributed by atoms with E-state index in [1.165, 1.54) is 0 Å². The predicted molar refractivity (Wildman–Crippen MR) is 97.5 cm³/mol. The third kappa shape index (κ3) is 4.27. The van der Waals surface area contributed by atoms with Crippen LogP contribution in [0, 0.1) is 0 Å². The monoisotopic (exact) mass is 341 g/mol. The smallest absolute Gasteiger partial charge is 0.164 e. The number of rotatable bonds is 5. The first-order valence-electron chi connectivity index (χ1n) is 7.70. The van der Waals surface area contributed by atoms with Gasteiger partial charge in [0.15, 0.2) is 6.23 Å². The lowest BCUT2D eigenvalue weighted by molar-refractivity contribution is -0.0709. The number of aliphatic imine (C=N–C) groups is 1. The molecule has 0 radical (unpaired) electrons. The molecule has 0 aromatic heterocycles. The van der Waals surface area contributed by atoms with Crippen LogP contribution >= 0.6 is 6.89 Å². The molecule has 1 unspecified atom stereocenters. The first kappa shape index (κ1) is 18.3. The van der Waals surface area contributed by atoms with E-state index in [1.54, 1.807) is 14.2 Å². The number of aliphatic hydroxyl groups is 1. The Morgan fingerprint density at radius 2 is 2.22 bits per heavy atom. The van der Waals surface area contributed by atoms with Gasteiger partial charge in [0.05, 0.1) is 6.10 Å². The molecule has 2 aliphatic heterocycles. The minimum Gasteiger partial charge on any atom is -0.388 e. The van der Waals surface area contributed by atoms with Gasteiger partial charge in [0.1, 0.15) is 23.9 Å². The Labute approximate surface area is 138 Å². The van der Waals surface area contributed by atoms with Crippen molar-refractivity contribution in [1.82, 2.24) is 10.2 Å². The lowest BCUT2D eigenvalue weighted by Gasteiger charge is -2.34. The number of ether oxygens (including phenoxy) is 2. The van der Waals surface area contributed by atoms with E-state index >= 15 is 0 Å². The quantitative estimate of drug-likeness (QED) is 0.733. The molecule has 4 atom stereocenters. The van der Waals surface area contributed by atoms with Crippen molar-refractivity contribution in [3.8, 4) is 0 Å². The SMILES string of the molecule is C=C1NC(=NC)C=CN1[C@@H]1OC(CCP(=C)(C)C)[C@@H](O)[C@H]1OC. The summed E-state index contributed by atoms with van der Waals surface area (Å²) in [6, 6.07) is 0. The molecule has 1 fully saturated rings. The summed E-state index contributed by atoms with van der Waals surface area (Å²) in [5, 5.41) is 13.6. The Hall–Kier alpha value is -1.07. The molecule has 2 rings (SSSR count). The number of hydrogen-bond acceptors (Lipinski definition) is 5. The molecule has 0 aromatic carbocycles. The Bertz CT molecular complexity index is 555. The van der Waals surface area contributed by atoms with Crippen LogP contribution in [-0.4, -0.2) is 80.3 Å². The van der Waals surface area contributed by atoms with Crippen molar-refractivity contribution in [3.05, 3.63) is 24.7 Å². The Balaban J connectivity index is 2.12. The number of methoxy groups -OCH3 is 1. The molecule has 0 spiro atoms. The Morgan fingerprint density at radius 3 is 2.74 bits per heavy atom. The van der Waals surface area contributed by atoms with E-state index in [0.717, 1.165) is 18.4 Å². The normalized spacial score (nSPS) is 33.3. The third-order valence-corrected chi connectivity index (χ3v) is 5.56. The fourth-order valence-electron chi connectivity index (χ4n) is 2.78. The largest absolute Gasteiger partial charge is 0.388 e. The van der Waals surface area contributed by atoms with Crippen molar-refractivity contribution < 1.29 is 14.6 Å². The van der Waals surface area contributed by atoms with Crippen molar-refractivity contribution in [3.63, 3.8) is 0 Å². The highest BCUT2D eigenvalue weighted by Gasteiger charge is 2.46. The second kappa shape index (κ2) is 7.22. The second-order valence-electron chi connectivity index (χ2n) is 6.61. The topological polar surface area (TPSA) is 66.3 Å². The first-order valence-corrected chi connectivity index (χ1v) is 10.7. The van der Waals surface area contributed by atoms with Crippen LogP contribution in [0.1, 0.15) is 6.42 Å². The second-order valence-corrected chi connectivity index (χ2v) is 10.9. The van der Waals surface area contributed by atoms with Crippen LogP contribution in [0.2, 0.25) is 0 Å². The average molecular weight is 341 g/mol. The van der Waals surface area contributed by atoms with Gasteiger partial charge in [-0.25, -0.2) is 0 Å². The molecule has 1 saturated heterocycles. The minimum atomic E-state index is -1.15. The van der Waals surface area contributed by atoms with Crippen molar-refractivity contribution in [1.29, 1.82) is 0 Å². The molecule has 0 aliphatic carbocycles. The summed E-state index contributed by atoms with van der Waals surface area (Å²) in [6.07, 6.45) is 7.89. The van der Waals surface area contributed by atoms with Gasteiger partial charge < -0.3 is 24.8 Å². The molecular weight excluding hydrogens is 313 g/mol. The maximum absolute atomic E-state index is 10.5. The summed E-state index contributed by atoms with van der Waals surface area (Å²) in [6.45, 7) is 7.22. The molecule has 6 nitrogen and oxygen atoms in total. The zero-order valence-corrected chi connectivity index (χ0v) is 15.3. The Kier molecular flexibility index (Phi) is 5.74.